The van der Waals surface area contributed by atoms with Crippen molar-refractivity contribution < 1.29 is 9.90 Å². The summed E-state index contributed by atoms with van der Waals surface area (Å²) in [5, 5.41) is 12.2. The number of aromatic nitrogens is 1. The zero-order valence-electron chi connectivity index (χ0n) is 11.4. The molecule has 0 aliphatic carbocycles. The molecule has 4 nitrogen and oxygen atoms in total. The highest BCUT2D eigenvalue weighted by Gasteiger charge is 2.13. The number of aliphatic hydroxyl groups excluding tert-OH is 1. The first-order chi connectivity index (χ1) is 9.69. The first-order valence-corrected chi connectivity index (χ1v) is 6.56. The van der Waals surface area contributed by atoms with Crippen LogP contribution in [0.1, 0.15) is 21.5 Å². The number of hydrogen-bond acceptors (Lipinski definition) is 3. The van der Waals surface area contributed by atoms with E-state index in [4.69, 9.17) is 0 Å². The minimum atomic E-state index is -0.301. The fourth-order valence-electron chi connectivity index (χ4n) is 2.01. The predicted octanol–water partition coefficient (Wildman–Crippen LogP) is 1.72. The van der Waals surface area contributed by atoms with Gasteiger partial charge in [-0.3, -0.25) is 9.78 Å². The van der Waals surface area contributed by atoms with E-state index in [1.165, 1.54) is 6.20 Å². The van der Waals surface area contributed by atoms with E-state index in [1.807, 2.05) is 37.3 Å². The van der Waals surface area contributed by atoms with Gasteiger partial charge in [0.25, 0.3) is 5.91 Å². The molecule has 0 unspecified atom stereocenters. The molecule has 0 bridgehead atoms. The Hall–Kier alpha value is -2.20. The summed E-state index contributed by atoms with van der Waals surface area (Å²) in [7, 11) is 0. The summed E-state index contributed by atoms with van der Waals surface area (Å²) >= 11 is 0. The van der Waals surface area contributed by atoms with Crippen LogP contribution in [0.3, 0.4) is 0 Å². The number of pyridine rings is 1. The predicted molar refractivity (Wildman–Crippen MR) is 77.5 cm³/mol. The van der Waals surface area contributed by atoms with Gasteiger partial charge in [0.05, 0.1) is 18.2 Å². The number of carbonyl (C=O) groups excluding carboxylic acids is 1. The van der Waals surface area contributed by atoms with Crippen LogP contribution in [0.5, 0.6) is 0 Å². The third-order valence-electron chi connectivity index (χ3n) is 3.02. The van der Waals surface area contributed by atoms with E-state index in [1.54, 1.807) is 12.3 Å². The van der Waals surface area contributed by atoms with Crippen LogP contribution in [-0.4, -0.2) is 28.6 Å². The SMILES string of the molecule is Cc1cncc(C(=O)N[C@H](CO)Cc2ccccc2)c1. The van der Waals surface area contributed by atoms with Crippen LogP contribution < -0.4 is 5.32 Å². The minimum Gasteiger partial charge on any atom is -0.394 e. The van der Waals surface area contributed by atoms with Crippen molar-refractivity contribution in [2.24, 2.45) is 0 Å². The Balaban J connectivity index is 2.01. The molecule has 20 heavy (non-hydrogen) atoms. The zero-order valence-corrected chi connectivity index (χ0v) is 11.4. The lowest BCUT2D eigenvalue weighted by Crippen LogP contribution is -2.39. The van der Waals surface area contributed by atoms with E-state index in [0.717, 1.165) is 11.1 Å². The quantitative estimate of drug-likeness (QED) is 0.869. The summed E-state index contributed by atoms with van der Waals surface area (Å²) in [6.07, 6.45) is 3.83. The fraction of sp³-hybridized carbons (Fsp3) is 0.250. The molecular formula is C16H18N2O2. The standard InChI is InChI=1S/C16H18N2O2/c1-12-7-14(10-17-9-12)16(20)18-15(11-19)8-13-5-3-2-4-6-13/h2-7,9-10,15,19H,8,11H2,1H3,(H,18,20)/t15-/m0/s1. The second-order valence-electron chi connectivity index (χ2n) is 4.79. The summed E-state index contributed by atoms with van der Waals surface area (Å²) in [5.74, 6) is -0.212. The van der Waals surface area contributed by atoms with Crippen LogP contribution in [0, 0.1) is 6.92 Å². The van der Waals surface area contributed by atoms with Crippen LogP contribution in [0.4, 0.5) is 0 Å². The van der Waals surface area contributed by atoms with Crippen molar-refractivity contribution in [1.82, 2.24) is 10.3 Å². The van der Waals surface area contributed by atoms with Crippen molar-refractivity contribution in [3.63, 3.8) is 0 Å². The molecule has 0 spiro atoms. The summed E-state index contributed by atoms with van der Waals surface area (Å²) in [6.45, 7) is 1.79. The Morgan fingerprint density at radius 1 is 1.30 bits per heavy atom. The molecule has 2 rings (SSSR count). The topological polar surface area (TPSA) is 62.2 Å². The molecule has 0 aliphatic heterocycles. The molecule has 0 saturated heterocycles. The van der Waals surface area contributed by atoms with Crippen molar-refractivity contribution in [2.75, 3.05) is 6.61 Å². The number of amides is 1. The van der Waals surface area contributed by atoms with Gasteiger partial charge in [-0.25, -0.2) is 0 Å². The smallest absolute Gasteiger partial charge is 0.253 e. The molecule has 1 amide bonds. The van der Waals surface area contributed by atoms with Crippen LogP contribution in [0.15, 0.2) is 48.8 Å². The van der Waals surface area contributed by atoms with Gasteiger partial charge in [-0.1, -0.05) is 30.3 Å². The lowest BCUT2D eigenvalue weighted by Gasteiger charge is -2.16. The van der Waals surface area contributed by atoms with E-state index in [-0.39, 0.29) is 18.6 Å². The van der Waals surface area contributed by atoms with E-state index in [9.17, 15) is 9.90 Å². The summed E-state index contributed by atoms with van der Waals surface area (Å²) in [4.78, 5) is 16.1. The normalized spacial score (nSPS) is 11.9. The van der Waals surface area contributed by atoms with Gasteiger partial charge in [0, 0.05) is 12.4 Å². The van der Waals surface area contributed by atoms with Crippen molar-refractivity contribution >= 4 is 5.91 Å². The van der Waals surface area contributed by atoms with Crippen molar-refractivity contribution in [2.45, 2.75) is 19.4 Å². The molecule has 1 aromatic carbocycles. The van der Waals surface area contributed by atoms with Gasteiger partial charge in [-0.15, -0.1) is 0 Å². The van der Waals surface area contributed by atoms with Crippen molar-refractivity contribution in [3.8, 4) is 0 Å². The van der Waals surface area contributed by atoms with Crippen molar-refractivity contribution in [1.29, 1.82) is 0 Å². The van der Waals surface area contributed by atoms with Gasteiger partial charge in [0.2, 0.25) is 0 Å². The average Bonchev–Trinajstić information content (AvgIpc) is 2.47. The van der Waals surface area contributed by atoms with E-state index in [0.29, 0.717) is 12.0 Å². The fourth-order valence-corrected chi connectivity index (χ4v) is 2.01. The average molecular weight is 270 g/mol. The molecule has 0 radical (unpaired) electrons. The molecule has 1 aromatic heterocycles. The molecule has 104 valence electrons. The first-order valence-electron chi connectivity index (χ1n) is 6.56. The van der Waals surface area contributed by atoms with E-state index >= 15 is 0 Å². The number of nitrogens with one attached hydrogen (secondary N) is 1. The first kappa shape index (κ1) is 14.2. The highest BCUT2D eigenvalue weighted by molar-refractivity contribution is 5.94. The van der Waals surface area contributed by atoms with Gasteiger partial charge in [-0.05, 0) is 30.5 Å². The third-order valence-corrected chi connectivity index (χ3v) is 3.02. The molecule has 2 N–H and O–H groups in total. The zero-order chi connectivity index (χ0) is 14.4. The van der Waals surface area contributed by atoms with Gasteiger partial charge in [0.15, 0.2) is 0 Å². The highest BCUT2D eigenvalue weighted by atomic mass is 16.3. The van der Waals surface area contributed by atoms with Gasteiger partial charge in [0.1, 0.15) is 0 Å². The number of rotatable bonds is 5. The van der Waals surface area contributed by atoms with Crippen LogP contribution in [0.2, 0.25) is 0 Å². The number of nitrogens with zero attached hydrogens (tertiary/aromatic N) is 1. The molecule has 0 saturated carbocycles. The van der Waals surface area contributed by atoms with Gasteiger partial charge in [-0.2, -0.15) is 0 Å². The summed E-state index contributed by atoms with van der Waals surface area (Å²) in [6, 6.07) is 11.2. The summed E-state index contributed by atoms with van der Waals surface area (Å²) < 4.78 is 0. The number of hydrogen-bond donors (Lipinski definition) is 2. The largest absolute Gasteiger partial charge is 0.394 e. The Morgan fingerprint density at radius 3 is 2.70 bits per heavy atom. The van der Waals surface area contributed by atoms with Crippen LogP contribution in [0.25, 0.3) is 0 Å². The van der Waals surface area contributed by atoms with Gasteiger partial charge < -0.3 is 10.4 Å². The molecule has 1 heterocycles. The lowest BCUT2D eigenvalue weighted by atomic mass is 10.1. The second-order valence-corrected chi connectivity index (χ2v) is 4.79. The number of aryl methyl sites for hydroxylation is 1. The molecule has 0 fully saturated rings. The van der Waals surface area contributed by atoms with Crippen LogP contribution in [-0.2, 0) is 6.42 Å². The molecule has 4 heteroatoms. The molecule has 2 aromatic rings. The lowest BCUT2D eigenvalue weighted by molar-refractivity contribution is 0.0916. The number of aliphatic hydroxyl groups is 1. The Labute approximate surface area is 118 Å². The molecule has 0 aliphatic rings. The Morgan fingerprint density at radius 2 is 2.05 bits per heavy atom. The van der Waals surface area contributed by atoms with E-state index < -0.39 is 0 Å². The Bertz CT molecular complexity index is 570. The summed E-state index contributed by atoms with van der Waals surface area (Å²) in [5.41, 5.74) is 2.52. The van der Waals surface area contributed by atoms with Crippen LogP contribution >= 0.6 is 0 Å². The van der Waals surface area contributed by atoms with Gasteiger partial charge >= 0.3 is 0 Å². The highest BCUT2D eigenvalue weighted by Crippen LogP contribution is 2.05. The monoisotopic (exact) mass is 270 g/mol. The minimum absolute atomic E-state index is 0.0973. The number of benzene rings is 1. The second kappa shape index (κ2) is 6.82. The Kier molecular flexibility index (Phi) is 4.85. The maximum absolute atomic E-state index is 12.1. The maximum atomic E-state index is 12.1. The molecule has 1 atom stereocenters. The maximum Gasteiger partial charge on any atom is 0.253 e. The van der Waals surface area contributed by atoms with Crippen molar-refractivity contribution in [3.05, 3.63) is 65.5 Å². The third kappa shape index (κ3) is 3.90. The molecular weight excluding hydrogens is 252 g/mol. The number of carbonyl (C=O) groups is 1. The van der Waals surface area contributed by atoms with E-state index in [2.05, 4.69) is 10.3 Å².